The van der Waals surface area contributed by atoms with Crippen molar-refractivity contribution in [3.63, 3.8) is 0 Å². The van der Waals surface area contributed by atoms with Crippen LogP contribution in [-0.2, 0) is 6.42 Å². The van der Waals surface area contributed by atoms with Crippen molar-refractivity contribution in [2.75, 3.05) is 0 Å². The van der Waals surface area contributed by atoms with E-state index < -0.39 is 0 Å². The molecule has 62 valence electrons. The van der Waals surface area contributed by atoms with Crippen LogP contribution in [0.15, 0.2) is 30.6 Å². The van der Waals surface area contributed by atoms with Gasteiger partial charge in [0.1, 0.15) is 0 Å². The highest BCUT2D eigenvalue weighted by Crippen LogP contribution is 2.10. The van der Waals surface area contributed by atoms with Gasteiger partial charge in [0.15, 0.2) is 0 Å². The molecule has 0 amide bonds. The molecule has 0 fully saturated rings. The van der Waals surface area contributed by atoms with Crippen LogP contribution < -0.4 is 0 Å². The first kappa shape index (κ1) is 7.69. The van der Waals surface area contributed by atoms with Gasteiger partial charge in [0.2, 0.25) is 0 Å². The van der Waals surface area contributed by atoms with E-state index in [2.05, 4.69) is 16.0 Å². The van der Waals surface area contributed by atoms with Crippen LogP contribution in [-0.4, -0.2) is 9.97 Å². The molecular weight excluding hydrogens is 162 g/mol. The van der Waals surface area contributed by atoms with Gasteiger partial charge in [-0.05, 0) is 18.2 Å². The van der Waals surface area contributed by atoms with Gasteiger partial charge < -0.3 is 0 Å². The number of hydrogen-bond acceptors (Lipinski definition) is 3. The number of rotatable bonds is 1. The Balaban J connectivity index is 2.57. The van der Waals surface area contributed by atoms with E-state index in [-0.39, 0.29) is 0 Å². The second-order valence-corrected chi connectivity index (χ2v) is 2.71. The summed E-state index contributed by atoms with van der Waals surface area (Å²) < 4.78 is 0. The predicted molar refractivity (Wildman–Crippen MR) is 48.9 cm³/mol. The summed E-state index contributed by atoms with van der Waals surface area (Å²) in [5.74, 6) is 0. The number of nitrogens with zero attached hydrogens (tertiary/aromatic N) is 3. The molecule has 3 nitrogen and oxygen atoms in total. The molecule has 0 unspecified atom stereocenters. The number of hydrogen-bond donors (Lipinski definition) is 0. The summed E-state index contributed by atoms with van der Waals surface area (Å²) in [4.78, 5) is 8.31. The largest absolute Gasteiger partial charge is 0.259 e. The highest BCUT2D eigenvalue weighted by Gasteiger charge is 1.96. The summed E-state index contributed by atoms with van der Waals surface area (Å²) in [7, 11) is 0. The summed E-state index contributed by atoms with van der Waals surface area (Å²) in [5.41, 5.74) is 1.66. The lowest BCUT2D eigenvalue weighted by atomic mass is 10.2. The first-order chi connectivity index (χ1) is 6.40. The maximum absolute atomic E-state index is 8.48. The standard InChI is InChI=1S/C10H7N3/c11-4-3-9-6-10-8(7-13-9)2-1-5-12-10/h1-2,5-7H,3H2. The summed E-state index contributed by atoms with van der Waals surface area (Å²) in [6.45, 7) is 0. The smallest absolute Gasteiger partial charge is 0.0775 e. The third-order valence-corrected chi connectivity index (χ3v) is 1.80. The molecule has 2 rings (SSSR count). The fourth-order valence-corrected chi connectivity index (χ4v) is 1.18. The van der Waals surface area contributed by atoms with Crippen LogP contribution in [0.5, 0.6) is 0 Å². The summed E-state index contributed by atoms with van der Waals surface area (Å²) in [6, 6.07) is 7.72. The van der Waals surface area contributed by atoms with E-state index >= 15 is 0 Å². The monoisotopic (exact) mass is 169 g/mol. The number of nitriles is 1. The van der Waals surface area contributed by atoms with E-state index in [1.165, 1.54) is 0 Å². The highest BCUT2D eigenvalue weighted by atomic mass is 14.7. The summed E-state index contributed by atoms with van der Waals surface area (Å²) in [6.07, 6.45) is 3.82. The average Bonchev–Trinajstić information content (AvgIpc) is 2.18. The summed E-state index contributed by atoms with van der Waals surface area (Å²) >= 11 is 0. The van der Waals surface area contributed by atoms with Crippen LogP contribution in [0.1, 0.15) is 5.69 Å². The van der Waals surface area contributed by atoms with Crippen LogP contribution >= 0.6 is 0 Å². The van der Waals surface area contributed by atoms with Crippen molar-refractivity contribution in [2.24, 2.45) is 0 Å². The van der Waals surface area contributed by atoms with Gasteiger partial charge in [-0.2, -0.15) is 5.26 Å². The maximum atomic E-state index is 8.48. The van der Waals surface area contributed by atoms with E-state index in [0.29, 0.717) is 6.42 Å². The minimum Gasteiger partial charge on any atom is -0.259 e. The van der Waals surface area contributed by atoms with E-state index in [1.807, 2.05) is 18.2 Å². The Labute approximate surface area is 75.7 Å². The third-order valence-electron chi connectivity index (χ3n) is 1.80. The lowest BCUT2D eigenvalue weighted by molar-refractivity contribution is 1.12. The zero-order chi connectivity index (χ0) is 9.10. The molecule has 2 heterocycles. The molecule has 0 radical (unpaired) electrons. The molecule has 0 spiro atoms. The number of fused-ring (bicyclic) bond motifs is 1. The Bertz CT molecular complexity index is 471. The van der Waals surface area contributed by atoms with Crippen LogP contribution in [0.3, 0.4) is 0 Å². The van der Waals surface area contributed by atoms with E-state index in [0.717, 1.165) is 16.6 Å². The van der Waals surface area contributed by atoms with Crippen molar-refractivity contribution in [3.05, 3.63) is 36.3 Å². The van der Waals surface area contributed by atoms with Crippen molar-refractivity contribution < 1.29 is 0 Å². The summed E-state index contributed by atoms with van der Waals surface area (Å²) in [5, 5.41) is 9.49. The first-order valence-electron chi connectivity index (χ1n) is 3.97. The topological polar surface area (TPSA) is 49.6 Å². The normalized spacial score (nSPS) is 9.77. The van der Waals surface area contributed by atoms with Crippen LogP contribution in [0.25, 0.3) is 10.9 Å². The third kappa shape index (κ3) is 1.47. The van der Waals surface area contributed by atoms with Gasteiger partial charge in [-0.25, -0.2) is 0 Å². The highest BCUT2D eigenvalue weighted by molar-refractivity contribution is 5.77. The van der Waals surface area contributed by atoms with Crippen molar-refractivity contribution in [1.82, 2.24) is 9.97 Å². The second kappa shape index (κ2) is 3.20. The van der Waals surface area contributed by atoms with Crippen LogP contribution in [0, 0.1) is 11.3 Å². The fraction of sp³-hybridized carbons (Fsp3) is 0.100. The molecule has 2 aromatic heterocycles. The Hall–Kier alpha value is -1.95. The van der Waals surface area contributed by atoms with E-state index in [9.17, 15) is 0 Å². The van der Waals surface area contributed by atoms with Gasteiger partial charge in [-0.15, -0.1) is 0 Å². The van der Waals surface area contributed by atoms with Crippen LogP contribution in [0.2, 0.25) is 0 Å². The Kier molecular flexibility index (Phi) is 1.89. The molecule has 0 aliphatic carbocycles. The van der Waals surface area contributed by atoms with Gasteiger partial charge in [0.05, 0.1) is 23.7 Å². The quantitative estimate of drug-likeness (QED) is 0.652. The molecule has 0 aliphatic rings. The van der Waals surface area contributed by atoms with Crippen molar-refractivity contribution in [2.45, 2.75) is 6.42 Å². The van der Waals surface area contributed by atoms with Crippen molar-refractivity contribution in [1.29, 1.82) is 5.26 Å². The SMILES string of the molecule is N#CCc1cc2ncccc2cn1. The Morgan fingerprint density at radius 3 is 3.15 bits per heavy atom. The van der Waals surface area contributed by atoms with Gasteiger partial charge in [0, 0.05) is 17.8 Å². The molecule has 0 aromatic carbocycles. The zero-order valence-corrected chi connectivity index (χ0v) is 6.94. The van der Waals surface area contributed by atoms with Gasteiger partial charge in [0.25, 0.3) is 0 Å². The molecule has 0 saturated carbocycles. The molecule has 0 aliphatic heterocycles. The van der Waals surface area contributed by atoms with Gasteiger partial charge in [-0.1, -0.05) is 0 Å². The van der Waals surface area contributed by atoms with Gasteiger partial charge in [-0.3, -0.25) is 9.97 Å². The first-order valence-corrected chi connectivity index (χ1v) is 3.97. The Morgan fingerprint density at radius 2 is 2.31 bits per heavy atom. The predicted octanol–water partition coefficient (Wildman–Crippen LogP) is 1.70. The molecule has 2 aromatic rings. The molecule has 3 heteroatoms. The molecule has 0 saturated heterocycles. The molecule has 0 N–H and O–H groups in total. The zero-order valence-electron chi connectivity index (χ0n) is 6.94. The molecule has 0 atom stereocenters. The lowest BCUT2D eigenvalue weighted by Gasteiger charge is -1.97. The molecular formula is C10H7N3. The number of pyridine rings is 2. The second-order valence-electron chi connectivity index (χ2n) is 2.71. The fourth-order valence-electron chi connectivity index (χ4n) is 1.18. The lowest BCUT2D eigenvalue weighted by Crippen LogP contribution is -1.88. The van der Waals surface area contributed by atoms with Crippen molar-refractivity contribution in [3.8, 4) is 6.07 Å². The molecule has 0 bridgehead atoms. The number of aromatic nitrogens is 2. The minimum atomic E-state index is 0.340. The van der Waals surface area contributed by atoms with Gasteiger partial charge >= 0.3 is 0 Å². The minimum absolute atomic E-state index is 0.340. The van der Waals surface area contributed by atoms with E-state index in [4.69, 9.17) is 5.26 Å². The average molecular weight is 169 g/mol. The molecule has 13 heavy (non-hydrogen) atoms. The Morgan fingerprint density at radius 1 is 1.38 bits per heavy atom. The van der Waals surface area contributed by atoms with E-state index in [1.54, 1.807) is 12.4 Å². The van der Waals surface area contributed by atoms with Crippen LogP contribution in [0.4, 0.5) is 0 Å². The maximum Gasteiger partial charge on any atom is 0.0775 e. The van der Waals surface area contributed by atoms with Crippen molar-refractivity contribution >= 4 is 10.9 Å².